The van der Waals surface area contributed by atoms with Crippen LogP contribution in [0.3, 0.4) is 0 Å². The smallest absolute Gasteiger partial charge is 0.143 e. The molecule has 0 aliphatic rings. The Kier molecular flexibility index (Phi) is 5.84. The predicted octanol–water partition coefficient (Wildman–Crippen LogP) is 15.0. The van der Waals surface area contributed by atoms with Crippen LogP contribution in [0.25, 0.3) is 120 Å². The van der Waals surface area contributed by atoms with Crippen molar-refractivity contribution in [1.82, 2.24) is 0 Å². The number of hydrogen-bond acceptors (Lipinski definition) is 1. The van der Waals surface area contributed by atoms with Gasteiger partial charge >= 0.3 is 0 Å². The maximum absolute atomic E-state index is 6.80. The van der Waals surface area contributed by atoms with Crippen LogP contribution in [0.1, 0.15) is 0 Å². The Morgan fingerprint density at radius 3 is 1.40 bits per heavy atom. The number of hydrogen-bond donors (Lipinski definition) is 0. The van der Waals surface area contributed by atoms with E-state index in [-0.39, 0.29) is 0 Å². The number of benzene rings is 11. The normalized spacial score (nSPS) is 12.2. The van der Waals surface area contributed by atoms with Crippen molar-refractivity contribution in [2.24, 2.45) is 0 Å². The molecule has 53 heavy (non-hydrogen) atoms. The lowest BCUT2D eigenvalue weighted by molar-refractivity contribution is 0.674. The molecule has 0 aliphatic carbocycles. The van der Waals surface area contributed by atoms with E-state index in [0.717, 1.165) is 32.9 Å². The van der Waals surface area contributed by atoms with Gasteiger partial charge in [-0.15, -0.1) is 0 Å². The number of para-hydroxylation sites is 1. The molecule has 244 valence electrons. The van der Waals surface area contributed by atoms with E-state index in [9.17, 15) is 0 Å². The fourth-order valence-electron chi connectivity index (χ4n) is 9.31. The summed E-state index contributed by atoms with van der Waals surface area (Å²) in [6.45, 7) is 0. The lowest BCUT2D eigenvalue weighted by Gasteiger charge is -2.17. The summed E-state index contributed by atoms with van der Waals surface area (Å²) >= 11 is 0. The Morgan fingerprint density at radius 1 is 0.245 bits per heavy atom. The van der Waals surface area contributed by atoms with Crippen molar-refractivity contribution in [3.05, 3.63) is 182 Å². The van der Waals surface area contributed by atoms with Gasteiger partial charge in [-0.25, -0.2) is 0 Å². The van der Waals surface area contributed by atoms with Gasteiger partial charge in [-0.2, -0.15) is 0 Å². The highest BCUT2D eigenvalue weighted by atomic mass is 16.3. The second-order valence-corrected chi connectivity index (χ2v) is 14.3. The quantitative estimate of drug-likeness (QED) is 0.167. The van der Waals surface area contributed by atoms with Crippen molar-refractivity contribution in [3.8, 4) is 22.3 Å². The zero-order valence-electron chi connectivity index (χ0n) is 28.7. The molecule has 1 heteroatoms. The fraction of sp³-hybridized carbons (Fsp3) is 0. The van der Waals surface area contributed by atoms with E-state index in [1.54, 1.807) is 0 Å². The zero-order valence-corrected chi connectivity index (χ0v) is 28.7. The minimum Gasteiger partial charge on any atom is -0.455 e. The third kappa shape index (κ3) is 3.97. The van der Waals surface area contributed by atoms with Crippen LogP contribution >= 0.6 is 0 Å². The first kappa shape index (κ1) is 28.7. The van der Waals surface area contributed by atoms with Crippen molar-refractivity contribution in [2.45, 2.75) is 0 Å². The van der Waals surface area contributed by atoms with Crippen LogP contribution in [-0.4, -0.2) is 0 Å². The number of furan rings is 1. The minimum atomic E-state index is 0.931. The average Bonchev–Trinajstić information content (AvgIpc) is 3.63. The molecular formula is C52H30O. The molecule has 0 unspecified atom stereocenters. The van der Waals surface area contributed by atoms with Gasteiger partial charge in [0, 0.05) is 21.7 Å². The standard InChI is InChI=1S/C52H30O/c1-2-13-34-31(12-1)24-27-47-46-23-11-22-45(52(46)53-51(34)47)40-29-28-33(35-14-3-4-15-36(35)40)32-25-26-44-48(30-32)39-18-7-10-21-43(39)49-41-19-8-5-16-37(41)38-17-6-9-20-42(38)50(44)49/h1-30H. The molecule has 0 saturated carbocycles. The highest BCUT2D eigenvalue weighted by Crippen LogP contribution is 2.46. The van der Waals surface area contributed by atoms with Crippen LogP contribution in [0.5, 0.6) is 0 Å². The van der Waals surface area contributed by atoms with Gasteiger partial charge in [0.05, 0.1) is 0 Å². The maximum atomic E-state index is 6.80. The van der Waals surface area contributed by atoms with Crippen LogP contribution in [-0.2, 0) is 0 Å². The minimum absolute atomic E-state index is 0.931. The molecule has 0 saturated heterocycles. The lowest BCUT2D eigenvalue weighted by Crippen LogP contribution is -1.90. The summed E-state index contributed by atoms with van der Waals surface area (Å²) in [5.41, 5.74) is 6.60. The molecular weight excluding hydrogens is 641 g/mol. The van der Waals surface area contributed by atoms with Crippen LogP contribution in [0.4, 0.5) is 0 Å². The second-order valence-electron chi connectivity index (χ2n) is 14.3. The summed E-state index contributed by atoms with van der Waals surface area (Å²) in [5, 5.41) is 20.1. The molecule has 0 bridgehead atoms. The summed E-state index contributed by atoms with van der Waals surface area (Å²) < 4.78 is 6.80. The summed E-state index contributed by atoms with van der Waals surface area (Å²) in [6.07, 6.45) is 0. The van der Waals surface area contributed by atoms with Crippen LogP contribution in [0, 0.1) is 0 Å². The molecule has 1 aromatic heterocycles. The predicted molar refractivity (Wildman–Crippen MR) is 227 cm³/mol. The summed E-state index contributed by atoms with van der Waals surface area (Å²) in [5.74, 6) is 0. The van der Waals surface area contributed by atoms with Crippen molar-refractivity contribution in [2.75, 3.05) is 0 Å². The number of rotatable bonds is 2. The molecule has 0 N–H and O–H groups in total. The van der Waals surface area contributed by atoms with E-state index in [0.29, 0.717) is 0 Å². The van der Waals surface area contributed by atoms with E-state index >= 15 is 0 Å². The van der Waals surface area contributed by atoms with Gasteiger partial charge in [0.1, 0.15) is 11.2 Å². The largest absolute Gasteiger partial charge is 0.455 e. The molecule has 0 fully saturated rings. The molecule has 0 aliphatic heterocycles. The first-order valence-electron chi connectivity index (χ1n) is 18.3. The molecule has 12 rings (SSSR count). The molecule has 1 nitrogen and oxygen atoms in total. The van der Waals surface area contributed by atoms with Crippen molar-refractivity contribution < 1.29 is 4.42 Å². The van der Waals surface area contributed by atoms with Gasteiger partial charge in [-0.3, -0.25) is 0 Å². The van der Waals surface area contributed by atoms with Gasteiger partial charge in [-0.05, 0) is 98.8 Å². The van der Waals surface area contributed by atoms with Crippen molar-refractivity contribution in [3.63, 3.8) is 0 Å². The first-order chi connectivity index (χ1) is 26.3. The van der Waals surface area contributed by atoms with Gasteiger partial charge in [-0.1, -0.05) is 170 Å². The Bertz CT molecular complexity index is 3510. The fourth-order valence-corrected chi connectivity index (χ4v) is 9.31. The van der Waals surface area contributed by atoms with Gasteiger partial charge in [0.15, 0.2) is 0 Å². The van der Waals surface area contributed by atoms with E-state index in [4.69, 9.17) is 4.42 Å². The van der Waals surface area contributed by atoms with E-state index in [1.807, 2.05) is 0 Å². The Balaban J connectivity index is 1.12. The molecule has 11 aromatic carbocycles. The topological polar surface area (TPSA) is 13.1 Å². The lowest BCUT2D eigenvalue weighted by atomic mass is 9.85. The molecule has 0 spiro atoms. The van der Waals surface area contributed by atoms with Crippen molar-refractivity contribution >= 4 is 97.3 Å². The van der Waals surface area contributed by atoms with Crippen molar-refractivity contribution in [1.29, 1.82) is 0 Å². The van der Waals surface area contributed by atoms with Gasteiger partial charge in [0.25, 0.3) is 0 Å². The van der Waals surface area contributed by atoms with E-state index < -0.39 is 0 Å². The SMILES string of the molecule is c1ccc2c(c1)ccc1c3cccc(-c4ccc(-c5ccc6c(c5)c5ccccc5c5c7ccccc7c7ccccc7c65)c5ccccc45)c3oc21. The average molecular weight is 671 g/mol. The zero-order chi connectivity index (χ0) is 34.6. The van der Waals surface area contributed by atoms with Crippen LogP contribution < -0.4 is 0 Å². The molecule has 0 amide bonds. The first-order valence-corrected chi connectivity index (χ1v) is 18.3. The van der Waals surface area contributed by atoms with Crippen LogP contribution in [0.2, 0.25) is 0 Å². The highest BCUT2D eigenvalue weighted by molar-refractivity contribution is 6.39. The molecule has 0 atom stereocenters. The molecule has 12 aromatic rings. The van der Waals surface area contributed by atoms with E-state index in [1.165, 1.54) is 86.7 Å². The maximum Gasteiger partial charge on any atom is 0.143 e. The Hall–Kier alpha value is -6.96. The third-order valence-corrected chi connectivity index (χ3v) is 11.6. The molecule has 0 radical (unpaired) electrons. The van der Waals surface area contributed by atoms with Gasteiger partial charge < -0.3 is 4.42 Å². The Morgan fingerprint density at radius 2 is 0.717 bits per heavy atom. The summed E-state index contributed by atoms with van der Waals surface area (Å²) in [6, 6.07) is 66.7. The summed E-state index contributed by atoms with van der Waals surface area (Å²) in [7, 11) is 0. The third-order valence-electron chi connectivity index (χ3n) is 11.6. The number of fused-ring (bicyclic) bond motifs is 17. The summed E-state index contributed by atoms with van der Waals surface area (Å²) in [4.78, 5) is 0. The Labute approximate surface area is 304 Å². The van der Waals surface area contributed by atoms with E-state index in [2.05, 4.69) is 182 Å². The molecule has 1 heterocycles. The second kappa shape index (κ2) is 10.8. The highest BCUT2D eigenvalue weighted by Gasteiger charge is 2.19. The van der Waals surface area contributed by atoms with Crippen LogP contribution in [0.15, 0.2) is 186 Å². The van der Waals surface area contributed by atoms with Gasteiger partial charge in [0.2, 0.25) is 0 Å². The monoisotopic (exact) mass is 670 g/mol.